The number of rotatable bonds is 7. The second-order valence-electron chi connectivity index (χ2n) is 3.79. The molecule has 0 fully saturated rings. The maximum atomic E-state index is 11.4. The van der Waals surface area contributed by atoms with Gasteiger partial charge in [-0.1, -0.05) is 6.08 Å². The molecule has 0 N–H and O–H groups in total. The van der Waals surface area contributed by atoms with Gasteiger partial charge in [-0.2, -0.15) is 0 Å². The van der Waals surface area contributed by atoms with Crippen LogP contribution in [0.1, 0.15) is 24.8 Å². The third kappa shape index (κ3) is 5.10. The lowest BCUT2D eigenvalue weighted by atomic mass is 10.1. The quantitative estimate of drug-likeness (QED) is 0.249. The van der Waals surface area contributed by atoms with E-state index < -0.39 is 4.92 Å². The number of alkyl halides is 1. The number of non-ortho nitro benzene ring substituents is 1. The Labute approximate surface area is 110 Å². The molecule has 0 spiro atoms. The molecule has 96 valence electrons. The smallest absolute Gasteiger partial charge is 0.269 e. The van der Waals surface area contributed by atoms with Crippen molar-refractivity contribution in [2.75, 3.05) is 5.88 Å². The maximum absolute atomic E-state index is 11.4. The Hall–Kier alpha value is -1.68. The summed E-state index contributed by atoms with van der Waals surface area (Å²) in [6, 6.07) is 6.05. The fraction of sp³-hybridized carbons (Fsp3) is 0.308. The molecule has 1 aromatic carbocycles. The summed E-state index contributed by atoms with van der Waals surface area (Å²) in [5.74, 6) is 0.609. The van der Waals surface area contributed by atoms with E-state index in [2.05, 4.69) is 0 Å². The first-order valence-electron chi connectivity index (χ1n) is 5.65. The van der Waals surface area contributed by atoms with Crippen molar-refractivity contribution in [1.82, 2.24) is 0 Å². The molecule has 0 heterocycles. The summed E-state index contributed by atoms with van der Waals surface area (Å²) in [6.07, 6.45) is 5.25. The molecule has 1 rings (SSSR count). The van der Waals surface area contributed by atoms with Gasteiger partial charge in [-0.3, -0.25) is 14.9 Å². The predicted molar refractivity (Wildman–Crippen MR) is 71.7 cm³/mol. The van der Waals surface area contributed by atoms with Crippen LogP contribution in [-0.2, 0) is 4.79 Å². The van der Waals surface area contributed by atoms with Gasteiger partial charge in [0.15, 0.2) is 5.78 Å². The lowest BCUT2D eigenvalue weighted by Gasteiger charge is -1.95. The first kappa shape index (κ1) is 14.4. The first-order chi connectivity index (χ1) is 8.63. The van der Waals surface area contributed by atoms with E-state index in [0.29, 0.717) is 12.3 Å². The number of carbonyl (C=O) groups excluding carboxylic acids is 1. The summed E-state index contributed by atoms with van der Waals surface area (Å²) in [5, 5.41) is 10.4. The molecule has 0 saturated heterocycles. The second kappa shape index (κ2) is 7.61. The van der Waals surface area contributed by atoms with Gasteiger partial charge in [-0.25, -0.2) is 0 Å². The molecular weight excluding hydrogens is 254 g/mol. The average Bonchev–Trinajstić information content (AvgIpc) is 2.37. The largest absolute Gasteiger partial charge is 0.295 e. The third-order valence-corrected chi connectivity index (χ3v) is 2.64. The summed E-state index contributed by atoms with van der Waals surface area (Å²) in [6.45, 7) is 0. The second-order valence-corrected chi connectivity index (χ2v) is 4.17. The van der Waals surface area contributed by atoms with E-state index in [1.54, 1.807) is 18.2 Å². The van der Waals surface area contributed by atoms with Gasteiger partial charge in [0.2, 0.25) is 0 Å². The van der Waals surface area contributed by atoms with Gasteiger partial charge in [0.1, 0.15) is 0 Å². The normalized spacial score (nSPS) is 10.7. The lowest BCUT2D eigenvalue weighted by Crippen LogP contribution is -1.92. The van der Waals surface area contributed by atoms with Crippen LogP contribution in [0.2, 0.25) is 0 Å². The Morgan fingerprint density at radius 3 is 2.50 bits per heavy atom. The maximum Gasteiger partial charge on any atom is 0.269 e. The van der Waals surface area contributed by atoms with Crippen molar-refractivity contribution in [3.63, 3.8) is 0 Å². The molecule has 4 nitrogen and oxygen atoms in total. The number of ketones is 1. The highest BCUT2D eigenvalue weighted by Crippen LogP contribution is 2.13. The fourth-order valence-corrected chi connectivity index (χ4v) is 1.56. The number of hydrogen-bond donors (Lipinski definition) is 0. The molecule has 0 aliphatic carbocycles. The van der Waals surface area contributed by atoms with E-state index in [0.717, 1.165) is 18.4 Å². The van der Waals surface area contributed by atoms with E-state index in [4.69, 9.17) is 11.6 Å². The van der Waals surface area contributed by atoms with Crippen LogP contribution in [0.5, 0.6) is 0 Å². The van der Waals surface area contributed by atoms with Crippen LogP contribution in [0.4, 0.5) is 5.69 Å². The first-order valence-corrected chi connectivity index (χ1v) is 6.18. The van der Waals surface area contributed by atoms with E-state index in [1.807, 2.05) is 0 Å². The predicted octanol–water partition coefficient (Wildman–Crippen LogP) is 3.59. The zero-order valence-electron chi connectivity index (χ0n) is 9.84. The summed E-state index contributed by atoms with van der Waals surface area (Å²) in [7, 11) is 0. The van der Waals surface area contributed by atoms with Crippen LogP contribution >= 0.6 is 11.6 Å². The van der Waals surface area contributed by atoms with Crippen molar-refractivity contribution >= 4 is 29.1 Å². The molecule has 0 radical (unpaired) electrons. The van der Waals surface area contributed by atoms with Gasteiger partial charge >= 0.3 is 0 Å². The SMILES string of the molecule is O=C(C=Cc1ccc([N+](=O)[O-])cc1)CCCCCl. The number of benzene rings is 1. The number of nitrogens with zero attached hydrogens (tertiary/aromatic N) is 1. The molecule has 1 aromatic rings. The van der Waals surface area contributed by atoms with Gasteiger partial charge in [-0.05, 0) is 36.6 Å². The molecule has 0 unspecified atom stereocenters. The van der Waals surface area contributed by atoms with Crippen molar-refractivity contribution in [1.29, 1.82) is 0 Å². The van der Waals surface area contributed by atoms with Crippen LogP contribution in [0.3, 0.4) is 0 Å². The average molecular weight is 268 g/mol. The molecule has 0 amide bonds. The van der Waals surface area contributed by atoms with Gasteiger partial charge in [0.05, 0.1) is 4.92 Å². The minimum absolute atomic E-state index is 0.0402. The number of nitro groups is 1. The molecule has 0 bridgehead atoms. The summed E-state index contributed by atoms with van der Waals surface area (Å²) < 4.78 is 0. The molecule has 0 atom stereocenters. The van der Waals surface area contributed by atoms with Gasteiger partial charge in [0.25, 0.3) is 5.69 Å². The zero-order chi connectivity index (χ0) is 13.4. The minimum Gasteiger partial charge on any atom is -0.295 e. The Bertz CT molecular complexity index is 440. The van der Waals surface area contributed by atoms with Gasteiger partial charge in [0, 0.05) is 24.4 Å². The van der Waals surface area contributed by atoms with Crippen LogP contribution in [0.15, 0.2) is 30.3 Å². The Morgan fingerprint density at radius 2 is 1.94 bits per heavy atom. The van der Waals surface area contributed by atoms with Crippen molar-refractivity contribution < 1.29 is 9.72 Å². The van der Waals surface area contributed by atoms with Crippen molar-refractivity contribution in [3.8, 4) is 0 Å². The molecule has 0 saturated carbocycles. The van der Waals surface area contributed by atoms with E-state index in [9.17, 15) is 14.9 Å². The number of nitro benzene ring substituents is 1. The Kier molecular flexibility index (Phi) is 6.08. The zero-order valence-corrected chi connectivity index (χ0v) is 10.6. The van der Waals surface area contributed by atoms with E-state index >= 15 is 0 Å². The van der Waals surface area contributed by atoms with Crippen molar-refractivity contribution in [2.24, 2.45) is 0 Å². The number of carbonyl (C=O) groups is 1. The van der Waals surface area contributed by atoms with Crippen LogP contribution in [0, 0.1) is 10.1 Å². The molecular formula is C13H14ClNO3. The van der Waals surface area contributed by atoms with Crippen LogP contribution < -0.4 is 0 Å². The van der Waals surface area contributed by atoms with E-state index in [-0.39, 0.29) is 11.5 Å². The lowest BCUT2D eigenvalue weighted by molar-refractivity contribution is -0.384. The summed E-state index contributed by atoms with van der Waals surface area (Å²) >= 11 is 5.51. The molecule has 0 aliphatic rings. The minimum atomic E-state index is -0.454. The van der Waals surface area contributed by atoms with Crippen LogP contribution in [0.25, 0.3) is 6.08 Å². The number of halogens is 1. The van der Waals surface area contributed by atoms with Crippen LogP contribution in [-0.4, -0.2) is 16.6 Å². The Morgan fingerprint density at radius 1 is 1.28 bits per heavy atom. The van der Waals surface area contributed by atoms with E-state index in [1.165, 1.54) is 18.2 Å². The number of allylic oxidation sites excluding steroid dienone is 1. The van der Waals surface area contributed by atoms with Crippen molar-refractivity contribution in [2.45, 2.75) is 19.3 Å². The van der Waals surface area contributed by atoms with Crippen molar-refractivity contribution in [3.05, 3.63) is 46.0 Å². The Balaban J connectivity index is 2.51. The highest BCUT2D eigenvalue weighted by atomic mass is 35.5. The number of unbranched alkanes of at least 4 members (excludes halogenated alkanes) is 1. The highest BCUT2D eigenvalue weighted by molar-refractivity contribution is 6.17. The highest BCUT2D eigenvalue weighted by Gasteiger charge is 2.02. The molecule has 18 heavy (non-hydrogen) atoms. The number of hydrogen-bond acceptors (Lipinski definition) is 3. The monoisotopic (exact) mass is 267 g/mol. The summed E-state index contributed by atoms with van der Waals surface area (Å²) in [5.41, 5.74) is 0.812. The fourth-order valence-electron chi connectivity index (χ4n) is 1.37. The van der Waals surface area contributed by atoms with Gasteiger partial charge < -0.3 is 0 Å². The van der Waals surface area contributed by atoms with Gasteiger partial charge in [-0.15, -0.1) is 11.6 Å². The molecule has 0 aromatic heterocycles. The molecule has 5 heteroatoms. The third-order valence-electron chi connectivity index (χ3n) is 2.37. The summed E-state index contributed by atoms with van der Waals surface area (Å²) in [4.78, 5) is 21.4. The molecule has 0 aliphatic heterocycles. The standard InChI is InChI=1S/C13H14ClNO3/c14-10-2-1-3-13(16)9-6-11-4-7-12(8-5-11)15(17)18/h4-9H,1-3,10H2. The topological polar surface area (TPSA) is 60.2 Å².